The van der Waals surface area contributed by atoms with Crippen LogP contribution in [0.3, 0.4) is 0 Å². The molecular formula is C14H21NO3S. The molecular weight excluding hydrogens is 262 g/mol. The molecule has 1 aromatic carbocycles. The van der Waals surface area contributed by atoms with Gasteiger partial charge in [-0.3, -0.25) is 0 Å². The third kappa shape index (κ3) is 3.48. The van der Waals surface area contributed by atoms with E-state index in [1.807, 2.05) is 26.8 Å². The smallest absolute Gasteiger partial charge is 0.244 e. The summed E-state index contributed by atoms with van der Waals surface area (Å²) in [6, 6.07) is 5.43. The van der Waals surface area contributed by atoms with Crippen LogP contribution in [0.15, 0.2) is 23.1 Å². The Bertz CT molecular complexity index is 569. The van der Waals surface area contributed by atoms with Crippen LogP contribution >= 0.6 is 0 Å². The van der Waals surface area contributed by atoms with Gasteiger partial charge >= 0.3 is 0 Å². The molecule has 4 nitrogen and oxygen atoms in total. The second kappa shape index (κ2) is 4.80. The summed E-state index contributed by atoms with van der Waals surface area (Å²) in [5, 5.41) is 0. The summed E-state index contributed by atoms with van der Waals surface area (Å²) >= 11 is 0. The molecule has 1 N–H and O–H groups in total. The van der Waals surface area contributed by atoms with Crippen LogP contribution in [0.2, 0.25) is 0 Å². The van der Waals surface area contributed by atoms with E-state index in [1.165, 1.54) is 7.11 Å². The number of hydrogen-bond acceptors (Lipinski definition) is 3. The third-order valence-electron chi connectivity index (χ3n) is 2.97. The number of benzene rings is 1. The van der Waals surface area contributed by atoms with Crippen molar-refractivity contribution in [2.45, 2.75) is 50.0 Å². The maximum Gasteiger partial charge on any atom is 0.244 e. The first-order chi connectivity index (χ1) is 8.73. The summed E-state index contributed by atoms with van der Waals surface area (Å²) in [6.07, 6.45) is 2.27. The molecule has 1 aromatic rings. The minimum absolute atomic E-state index is 0.231. The number of hydrogen-bond donors (Lipinski definition) is 1. The van der Waals surface area contributed by atoms with Crippen LogP contribution in [-0.2, 0) is 10.0 Å². The van der Waals surface area contributed by atoms with Crippen LogP contribution in [0.5, 0.6) is 5.75 Å². The van der Waals surface area contributed by atoms with Gasteiger partial charge in [0.25, 0.3) is 0 Å². The summed E-state index contributed by atoms with van der Waals surface area (Å²) in [6.45, 7) is 5.46. The van der Waals surface area contributed by atoms with Gasteiger partial charge in [0, 0.05) is 5.54 Å². The molecule has 2 rings (SSSR count). The predicted octanol–water partition coefficient (Wildman–Crippen LogP) is 2.65. The van der Waals surface area contributed by atoms with Gasteiger partial charge in [0.1, 0.15) is 10.6 Å². The van der Waals surface area contributed by atoms with E-state index in [0.29, 0.717) is 11.7 Å². The Balaban J connectivity index is 2.43. The summed E-state index contributed by atoms with van der Waals surface area (Å²) in [7, 11) is -2.08. The minimum atomic E-state index is -3.56. The van der Waals surface area contributed by atoms with Crippen molar-refractivity contribution in [1.82, 2.24) is 4.72 Å². The van der Waals surface area contributed by atoms with Gasteiger partial charge in [-0.05, 0) is 57.2 Å². The van der Waals surface area contributed by atoms with Crippen molar-refractivity contribution in [2.24, 2.45) is 0 Å². The van der Waals surface area contributed by atoms with Crippen molar-refractivity contribution >= 4 is 10.0 Å². The zero-order chi connectivity index (χ0) is 14.3. The molecule has 1 saturated carbocycles. The van der Waals surface area contributed by atoms with E-state index in [0.717, 1.165) is 18.4 Å². The average Bonchev–Trinajstić information content (AvgIpc) is 3.08. The van der Waals surface area contributed by atoms with E-state index in [-0.39, 0.29) is 4.90 Å². The topological polar surface area (TPSA) is 55.4 Å². The number of sulfonamides is 1. The minimum Gasteiger partial charge on any atom is -0.495 e. The van der Waals surface area contributed by atoms with Crippen molar-refractivity contribution in [1.29, 1.82) is 0 Å². The molecule has 5 heteroatoms. The first kappa shape index (κ1) is 14.3. The van der Waals surface area contributed by atoms with Crippen LogP contribution in [0.1, 0.15) is 45.1 Å². The molecule has 0 aliphatic heterocycles. The lowest BCUT2D eigenvalue weighted by Crippen LogP contribution is -2.40. The van der Waals surface area contributed by atoms with E-state index in [4.69, 9.17) is 4.74 Å². The normalized spacial score (nSPS) is 16.4. The molecule has 0 atom stereocenters. The summed E-state index contributed by atoms with van der Waals surface area (Å²) in [4.78, 5) is 0.231. The lowest BCUT2D eigenvalue weighted by atomic mass is 10.1. The number of nitrogens with one attached hydrogen (secondary N) is 1. The Morgan fingerprint density at radius 1 is 1.26 bits per heavy atom. The predicted molar refractivity (Wildman–Crippen MR) is 75.0 cm³/mol. The molecule has 0 bridgehead atoms. The Morgan fingerprint density at radius 2 is 1.89 bits per heavy atom. The Morgan fingerprint density at radius 3 is 2.37 bits per heavy atom. The molecule has 1 fully saturated rings. The fourth-order valence-corrected chi connectivity index (χ4v) is 3.66. The number of ether oxygens (including phenoxy) is 1. The van der Waals surface area contributed by atoms with Crippen molar-refractivity contribution < 1.29 is 13.2 Å². The molecule has 106 valence electrons. The van der Waals surface area contributed by atoms with Gasteiger partial charge in [0.05, 0.1) is 7.11 Å². The molecule has 0 unspecified atom stereocenters. The Labute approximate surface area is 115 Å². The lowest BCUT2D eigenvalue weighted by Gasteiger charge is -2.21. The first-order valence-corrected chi connectivity index (χ1v) is 7.93. The van der Waals surface area contributed by atoms with E-state index in [9.17, 15) is 8.42 Å². The highest BCUT2D eigenvalue weighted by atomic mass is 32.2. The molecule has 19 heavy (non-hydrogen) atoms. The number of rotatable bonds is 4. The molecule has 1 aliphatic rings. The fraction of sp³-hybridized carbons (Fsp3) is 0.571. The van der Waals surface area contributed by atoms with Gasteiger partial charge in [-0.1, -0.05) is 6.07 Å². The zero-order valence-electron chi connectivity index (χ0n) is 11.9. The van der Waals surface area contributed by atoms with Gasteiger partial charge < -0.3 is 4.74 Å². The molecule has 0 heterocycles. The van der Waals surface area contributed by atoms with Gasteiger partial charge in [0.2, 0.25) is 10.0 Å². The monoisotopic (exact) mass is 283 g/mol. The first-order valence-electron chi connectivity index (χ1n) is 6.45. The van der Waals surface area contributed by atoms with Crippen molar-refractivity contribution in [2.75, 3.05) is 7.11 Å². The van der Waals surface area contributed by atoms with E-state index >= 15 is 0 Å². The quantitative estimate of drug-likeness (QED) is 0.924. The van der Waals surface area contributed by atoms with Crippen LogP contribution in [0, 0.1) is 0 Å². The van der Waals surface area contributed by atoms with Crippen molar-refractivity contribution in [3.8, 4) is 5.75 Å². The molecule has 0 aromatic heterocycles. The highest BCUT2D eigenvalue weighted by molar-refractivity contribution is 7.89. The molecule has 0 saturated heterocycles. The van der Waals surface area contributed by atoms with E-state index in [1.54, 1.807) is 12.1 Å². The molecule has 0 spiro atoms. The largest absolute Gasteiger partial charge is 0.495 e. The average molecular weight is 283 g/mol. The molecule has 0 amide bonds. The fourth-order valence-electron chi connectivity index (χ4n) is 2.03. The Hall–Kier alpha value is -1.07. The van der Waals surface area contributed by atoms with Gasteiger partial charge in [-0.25, -0.2) is 13.1 Å². The van der Waals surface area contributed by atoms with Gasteiger partial charge in [-0.15, -0.1) is 0 Å². The Kier molecular flexibility index (Phi) is 3.62. The maximum absolute atomic E-state index is 12.4. The standard InChI is InChI=1S/C14H21NO3S/c1-14(2,3)15-19(16,17)13-9-11(10-5-6-10)7-8-12(13)18-4/h7-10,15H,5-6H2,1-4H3. The van der Waals surface area contributed by atoms with E-state index in [2.05, 4.69) is 4.72 Å². The second-order valence-electron chi connectivity index (χ2n) is 6.04. The lowest BCUT2D eigenvalue weighted by molar-refractivity contribution is 0.400. The van der Waals surface area contributed by atoms with Crippen LogP contribution in [0.25, 0.3) is 0 Å². The third-order valence-corrected chi connectivity index (χ3v) is 4.75. The highest BCUT2D eigenvalue weighted by Gasteiger charge is 2.29. The molecule has 0 radical (unpaired) electrons. The van der Waals surface area contributed by atoms with E-state index < -0.39 is 15.6 Å². The van der Waals surface area contributed by atoms with Crippen LogP contribution in [0.4, 0.5) is 0 Å². The number of methoxy groups -OCH3 is 1. The van der Waals surface area contributed by atoms with Crippen molar-refractivity contribution in [3.63, 3.8) is 0 Å². The second-order valence-corrected chi connectivity index (χ2v) is 7.69. The van der Waals surface area contributed by atoms with Gasteiger partial charge in [0.15, 0.2) is 0 Å². The van der Waals surface area contributed by atoms with Crippen molar-refractivity contribution in [3.05, 3.63) is 23.8 Å². The summed E-state index contributed by atoms with van der Waals surface area (Å²) < 4.78 is 32.7. The van der Waals surface area contributed by atoms with Crippen LogP contribution < -0.4 is 9.46 Å². The summed E-state index contributed by atoms with van der Waals surface area (Å²) in [5.74, 6) is 0.899. The molecule has 1 aliphatic carbocycles. The maximum atomic E-state index is 12.4. The SMILES string of the molecule is COc1ccc(C2CC2)cc1S(=O)(=O)NC(C)(C)C. The van der Waals surface area contributed by atoms with Crippen LogP contribution in [-0.4, -0.2) is 21.1 Å². The highest BCUT2D eigenvalue weighted by Crippen LogP contribution is 2.42. The zero-order valence-corrected chi connectivity index (χ0v) is 12.7. The van der Waals surface area contributed by atoms with Gasteiger partial charge in [-0.2, -0.15) is 0 Å². The summed E-state index contributed by atoms with van der Waals surface area (Å²) in [5.41, 5.74) is 0.564.